The van der Waals surface area contributed by atoms with Crippen LogP contribution in [0.5, 0.6) is 0 Å². The van der Waals surface area contributed by atoms with E-state index in [1.807, 2.05) is 25.1 Å². The molecule has 2 aromatic rings. The van der Waals surface area contributed by atoms with Crippen LogP contribution in [-0.4, -0.2) is 11.9 Å². The highest BCUT2D eigenvalue weighted by atomic mass is 79.9. The van der Waals surface area contributed by atoms with Gasteiger partial charge in [0.15, 0.2) is 0 Å². The molecule has 2 aromatic carbocycles. The van der Waals surface area contributed by atoms with E-state index in [0.29, 0.717) is 0 Å². The van der Waals surface area contributed by atoms with Crippen LogP contribution in [0, 0.1) is 12.7 Å². The van der Waals surface area contributed by atoms with Crippen LogP contribution in [0.15, 0.2) is 46.9 Å². The maximum Gasteiger partial charge on any atom is 0.246 e. The largest absolute Gasteiger partial charge is 0.374 e. The van der Waals surface area contributed by atoms with Crippen molar-refractivity contribution in [2.24, 2.45) is 0 Å². The third-order valence-corrected chi connectivity index (χ3v) is 3.96. The van der Waals surface area contributed by atoms with Gasteiger partial charge in [0.1, 0.15) is 11.9 Å². The second kappa shape index (κ2) is 6.72. The summed E-state index contributed by atoms with van der Waals surface area (Å²) in [5.74, 6) is -0.738. The van der Waals surface area contributed by atoms with E-state index in [1.165, 1.54) is 12.1 Å². The molecule has 0 saturated carbocycles. The van der Waals surface area contributed by atoms with Crippen molar-refractivity contribution < 1.29 is 9.18 Å². The summed E-state index contributed by atoms with van der Waals surface area (Å²) in [5, 5.41) is 5.66. The standard InChI is InChI=1S/C16H16BrFN2O/c1-10-9-12(7-8-13(10)17)19-11(2)16(21)20-15-6-4-3-5-14(15)18/h3-9,11,19H,1-2H3,(H,20,21). The third kappa shape index (κ3) is 4.04. The lowest BCUT2D eigenvalue weighted by atomic mass is 10.2. The predicted molar refractivity (Wildman–Crippen MR) is 87.0 cm³/mol. The van der Waals surface area contributed by atoms with Crippen molar-refractivity contribution in [2.75, 3.05) is 10.6 Å². The molecule has 1 amide bonds. The van der Waals surface area contributed by atoms with Crippen LogP contribution in [0.4, 0.5) is 15.8 Å². The second-order valence-corrected chi connectivity index (χ2v) is 5.65. The molecule has 0 saturated heterocycles. The molecule has 0 aromatic heterocycles. The van der Waals surface area contributed by atoms with Crippen molar-refractivity contribution in [1.82, 2.24) is 0 Å². The summed E-state index contributed by atoms with van der Waals surface area (Å²) in [4.78, 5) is 12.1. The molecule has 2 N–H and O–H groups in total. The van der Waals surface area contributed by atoms with Crippen LogP contribution in [0.3, 0.4) is 0 Å². The van der Waals surface area contributed by atoms with Crippen molar-refractivity contribution in [1.29, 1.82) is 0 Å². The van der Waals surface area contributed by atoms with Crippen molar-refractivity contribution >= 4 is 33.2 Å². The van der Waals surface area contributed by atoms with Gasteiger partial charge in [-0.05, 0) is 49.7 Å². The van der Waals surface area contributed by atoms with Gasteiger partial charge in [-0.1, -0.05) is 28.1 Å². The van der Waals surface area contributed by atoms with Crippen molar-refractivity contribution in [3.05, 3.63) is 58.3 Å². The summed E-state index contributed by atoms with van der Waals surface area (Å²) >= 11 is 3.43. The van der Waals surface area contributed by atoms with Gasteiger partial charge in [0.05, 0.1) is 5.69 Å². The van der Waals surface area contributed by atoms with Crippen LogP contribution in [0.25, 0.3) is 0 Å². The minimum absolute atomic E-state index is 0.183. The molecular weight excluding hydrogens is 335 g/mol. The fourth-order valence-electron chi connectivity index (χ4n) is 1.85. The fraction of sp³-hybridized carbons (Fsp3) is 0.188. The second-order valence-electron chi connectivity index (χ2n) is 4.80. The lowest BCUT2D eigenvalue weighted by Crippen LogP contribution is -2.32. The van der Waals surface area contributed by atoms with Crippen molar-refractivity contribution in [3.8, 4) is 0 Å². The Morgan fingerprint density at radius 3 is 2.62 bits per heavy atom. The monoisotopic (exact) mass is 350 g/mol. The number of halogens is 2. The highest BCUT2D eigenvalue weighted by Gasteiger charge is 2.14. The lowest BCUT2D eigenvalue weighted by Gasteiger charge is -2.16. The molecule has 0 radical (unpaired) electrons. The smallest absolute Gasteiger partial charge is 0.246 e. The first-order valence-electron chi connectivity index (χ1n) is 6.55. The summed E-state index contributed by atoms with van der Waals surface area (Å²) in [6, 6.07) is 11.4. The summed E-state index contributed by atoms with van der Waals surface area (Å²) < 4.78 is 14.5. The number of carbonyl (C=O) groups excluding carboxylic acids is 1. The SMILES string of the molecule is Cc1cc(NC(C)C(=O)Nc2ccccc2F)ccc1Br. The van der Waals surface area contributed by atoms with Gasteiger partial charge < -0.3 is 10.6 Å². The number of benzene rings is 2. The Morgan fingerprint density at radius 2 is 1.95 bits per heavy atom. The van der Waals surface area contributed by atoms with Crippen LogP contribution >= 0.6 is 15.9 Å². The molecule has 0 aliphatic heterocycles. The molecule has 3 nitrogen and oxygen atoms in total. The summed E-state index contributed by atoms with van der Waals surface area (Å²) in [6.45, 7) is 3.70. The molecule has 1 atom stereocenters. The van der Waals surface area contributed by atoms with Gasteiger partial charge >= 0.3 is 0 Å². The molecular formula is C16H16BrFN2O. The van der Waals surface area contributed by atoms with Gasteiger partial charge in [-0.3, -0.25) is 4.79 Å². The van der Waals surface area contributed by atoms with Gasteiger partial charge in [-0.15, -0.1) is 0 Å². The molecule has 0 spiro atoms. The zero-order valence-corrected chi connectivity index (χ0v) is 13.4. The van der Waals surface area contributed by atoms with Gasteiger partial charge in [-0.25, -0.2) is 4.39 Å². The molecule has 0 fully saturated rings. The van der Waals surface area contributed by atoms with E-state index < -0.39 is 11.9 Å². The maximum absolute atomic E-state index is 13.5. The van der Waals surface area contributed by atoms with E-state index in [-0.39, 0.29) is 11.6 Å². The van der Waals surface area contributed by atoms with Crippen molar-refractivity contribution in [2.45, 2.75) is 19.9 Å². The highest BCUT2D eigenvalue weighted by molar-refractivity contribution is 9.10. The number of hydrogen-bond acceptors (Lipinski definition) is 2. The number of anilines is 2. The molecule has 21 heavy (non-hydrogen) atoms. The number of rotatable bonds is 4. The Balaban J connectivity index is 2.02. The number of nitrogens with one attached hydrogen (secondary N) is 2. The summed E-state index contributed by atoms with van der Waals surface area (Å²) in [7, 11) is 0. The topological polar surface area (TPSA) is 41.1 Å². The van der Waals surface area contributed by atoms with E-state index >= 15 is 0 Å². The first kappa shape index (κ1) is 15.5. The zero-order chi connectivity index (χ0) is 15.4. The first-order valence-corrected chi connectivity index (χ1v) is 7.35. The lowest BCUT2D eigenvalue weighted by molar-refractivity contribution is -0.116. The number of para-hydroxylation sites is 1. The summed E-state index contributed by atoms with van der Waals surface area (Å²) in [6.07, 6.45) is 0. The van der Waals surface area contributed by atoms with Gasteiger partial charge in [0.2, 0.25) is 5.91 Å². The molecule has 0 heterocycles. The number of aryl methyl sites for hydroxylation is 1. The van der Waals surface area contributed by atoms with E-state index in [2.05, 4.69) is 26.6 Å². The third-order valence-electron chi connectivity index (χ3n) is 3.07. The molecule has 2 rings (SSSR count). The molecule has 1 unspecified atom stereocenters. The average Bonchev–Trinajstić information content (AvgIpc) is 2.45. The Labute approximate surface area is 131 Å². The Kier molecular flexibility index (Phi) is 4.96. The van der Waals surface area contributed by atoms with Crippen molar-refractivity contribution in [3.63, 3.8) is 0 Å². The molecule has 0 aliphatic carbocycles. The predicted octanol–water partition coefficient (Wildman–Crippen LogP) is 4.34. The quantitative estimate of drug-likeness (QED) is 0.861. The zero-order valence-electron chi connectivity index (χ0n) is 11.8. The van der Waals surface area contributed by atoms with E-state index in [1.54, 1.807) is 19.1 Å². The van der Waals surface area contributed by atoms with Crippen LogP contribution in [0.1, 0.15) is 12.5 Å². The molecule has 0 aliphatic rings. The van der Waals surface area contributed by atoms with Crippen LogP contribution in [-0.2, 0) is 4.79 Å². The van der Waals surface area contributed by atoms with Crippen LogP contribution in [0.2, 0.25) is 0 Å². The number of hydrogen-bond donors (Lipinski definition) is 2. The van der Waals surface area contributed by atoms with E-state index in [4.69, 9.17) is 0 Å². The van der Waals surface area contributed by atoms with E-state index in [9.17, 15) is 9.18 Å². The van der Waals surface area contributed by atoms with Gasteiger partial charge in [0, 0.05) is 10.2 Å². The minimum atomic E-state index is -0.481. The Bertz CT molecular complexity index is 660. The van der Waals surface area contributed by atoms with Crippen LogP contribution < -0.4 is 10.6 Å². The minimum Gasteiger partial charge on any atom is -0.374 e. The number of amides is 1. The van der Waals surface area contributed by atoms with Gasteiger partial charge in [-0.2, -0.15) is 0 Å². The molecule has 110 valence electrons. The highest BCUT2D eigenvalue weighted by Crippen LogP contribution is 2.21. The Hall–Kier alpha value is -1.88. The van der Waals surface area contributed by atoms with E-state index in [0.717, 1.165) is 15.7 Å². The molecule has 5 heteroatoms. The summed E-state index contributed by atoms with van der Waals surface area (Å²) in [5.41, 5.74) is 2.09. The Morgan fingerprint density at radius 1 is 1.24 bits per heavy atom. The first-order chi connectivity index (χ1) is 9.97. The average molecular weight is 351 g/mol. The fourth-order valence-corrected chi connectivity index (χ4v) is 2.10. The van der Waals surface area contributed by atoms with Gasteiger partial charge in [0.25, 0.3) is 0 Å². The maximum atomic E-state index is 13.5. The molecule has 0 bridgehead atoms. The normalized spacial score (nSPS) is 11.8. The number of carbonyl (C=O) groups is 1.